The van der Waals surface area contributed by atoms with Crippen LogP contribution in [0.5, 0.6) is 5.88 Å². The molecule has 5 heteroatoms. The predicted molar refractivity (Wildman–Crippen MR) is 112 cm³/mol. The summed E-state index contributed by atoms with van der Waals surface area (Å²) in [6.45, 7) is 3.84. The third-order valence-corrected chi connectivity index (χ3v) is 5.27. The first-order valence-electron chi connectivity index (χ1n) is 10.3. The van der Waals surface area contributed by atoms with Crippen molar-refractivity contribution in [3.8, 4) is 17.1 Å². The highest BCUT2D eigenvalue weighted by atomic mass is 16.5. The number of aliphatic carboxylic acids is 1. The summed E-state index contributed by atoms with van der Waals surface area (Å²) in [7, 11) is 0. The Kier molecular flexibility index (Phi) is 6.90. The number of ether oxygens (including phenoxy) is 1. The van der Waals surface area contributed by atoms with Crippen LogP contribution in [-0.2, 0) is 11.2 Å². The number of anilines is 1. The second kappa shape index (κ2) is 9.58. The van der Waals surface area contributed by atoms with Crippen molar-refractivity contribution in [2.45, 2.75) is 70.9 Å². The van der Waals surface area contributed by atoms with Crippen molar-refractivity contribution in [3.05, 3.63) is 42.0 Å². The first-order valence-corrected chi connectivity index (χ1v) is 10.3. The molecule has 2 aromatic rings. The molecule has 1 atom stereocenters. The van der Waals surface area contributed by atoms with Crippen molar-refractivity contribution < 1.29 is 14.6 Å². The van der Waals surface area contributed by atoms with Gasteiger partial charge in [-0.05, 0) is 69.2 Å². The maximum atomic E-state index is 9.37. The quantitative estimate of drug-likeness (QED) is 0.751. The summed E-state index contributed by atoms with van der Waals surface area (Å²) in [4.78, 5) is 14.1. The molecule has 1 aliphatic heterocycles. The van der Waals surface area contributed by atoms with Gasteiger partial charge >= 0.3 is 5.97 Å². The van der Waals surface area contributed by atoms with E-state index >= 15 is 0 Å². The van der Waals surface area contributed by atoms with Crippen LogP contribution in [0.15, 0.2) is 36.4 Å². The molecular formula is C23H30N2O3. The molecule has 1 aromatic heterocycles. The van der Waals surface area contributed by atoms with E-state index in [0.717, 1.165) is 30.8 Å². The maximum absolute atomic E-state index is 9.37. The molecule has 1 aliphatic carbocycles. The van der Waals surface area contributed by atoms with Crippen LogP contribution >= 0.6 is 0 Å². The smallest absolute Gasteiger partial charge is 0.303 e. The number of nitrogens with zero attached hydrogens (tertiary/aromatic N) is 1. The summed E-state index contributed by atoms with van der Waals surface area (Å²) in [5.74, 6) is 0.0175. The van der Waals surface area contributed by atoms with Gasteiger partial charge in [-0.25, -0.2) is 4.98 Å². The Labute approximate surface area is 167 Å². The molecule has 2 aliphatic rings. The van der Waals surface area contributed by atoms with Crippen LogP contribution in [0, 0.1) is 0 Å². The zero-order chi connectivity index (χ0) is 19.9. The Morgan fingerprint density at radius 2 is 1.96 bits per heavy atom. The largest absolute Gasteiger partial charge is 0.481 e. The second-order valence-corrected chi connectivity index (χ2v) is 7.59. The fourth-order valence-electron chi connectivity index (χ4n) is 3.63. The Morgan fingerprint density at radius 1 is 1.21 bits per heavy atom. The van der Waals surface area contributed by atoms with E-state index in [1.807, 2.05) is 12.1 Å². The third kappa shape index (κ3) is 5.47. The SMILES string of the molecule is CC1CCc2cc(-c3cccc(OC4CCCC4)n3)ccc2N1.CCC(=O)O. The van der Waals surface area contributed by atoms with Crippen molar-refractivity contribution in [3.63, 3.8) is 0 Å². The van der Waals surface area contributed by atoms with Crippen LogP contribution in [0.2, 0.25) is 0 Å². The molecule has 1 aromatic carbocycles. The highest BCUT2D eigenvalue weighted by Gasteiger charge is 2.18. The van der Waals surface area contributed by atoms with Gasteiger partial charge in [-0.15, -0.1) is 0 Å². The molecule has 4 rings (SSSR count). The van der Waals surface area contributed by atoms with Crippen molar-refractivity contribution in [1.82, 2.24) is 4.98 Å². The Bertz CT molecular complexity index is 800. The average Bonchev–Trinajstić information content (AvgIpc) is 3.21. The van der Waals surface area contributed by atoms with Gasteiger partial charge in [-0.2, -0.15) is 0 Å². The van der Waals surface area contributed by atoms with Crippen molar-refractivity contribution >= 4 is 11.7 Å². The maximum Gasteiger partial charge on any atom is 0.303 e. The lowest BCUT2D eigenvalue weighted by molar-refractivity contribution is -0.136. The lowest BCUT2D eigenvalue weighted by Gasteiger charge is -2.24. The van der Waals surface area contributed by atoms with E-state index < -0.39 is 5.97 Å². The van der Waals surface area contributed by atoms with Gasteiger partial charge in [0.2, 0.25) is 5.88 Å². The molecule has 0 amide bonds. The normalized spacial score (nSPS) is 18.4. The highest BCUT2D eigenvalue weighted by Crippen LogP contribution is 2.30. The molecule has 0 bridgehead atoms. The number of carboxylic acid groups (broad SMARTS) is 1. The number of pyridine rings is 1. The number of fused-ring (bicyclic) bond motifs is 1. The van der Waals surface area contributed by atoms with Crippen LogP contribution in [0.25, 0.3) is 11.3 Å². The van der Waals surface area contributed by atoms with E-state index in [9.17, 15) is 4.79 Å². The minimum atomic E-state index is -0.745. The third-order valence-electron chi connectivity index (χ3n) is 5.27. The van der Waals surface area contributed by atoms with Crippen LogP contribution < -0.4 is 10.1 Å². The topological polar surface area (TPSA) is 71.5 Å². The standard InChI is InChI=1S/C20H24N2O.C3H6O2/c1-14-9-10-15-13-16(11-12-19(15)21-14)18-7-4-8-20(22-18)23-17-5-2-3-6-17;1-2-3(4)5/h4,7-8,11-14,17,21H,2-3,5-6,9-10H2,1H3;2H2,1H3,(H,4,5). The lowest BCUT2D eigenvalue weighted by atomic mass is 9.96. The van der Waals surface area contributed by atoms with E-state index in [2.05, 4.69) is 36.5 Å². The monoisotopic (exact) mass is 382 g/mol. The summed E-state index contributed by atoms with van der Waals surface area (Å²) in [5, 5.41) is 11.3. The van der Waals surface area contributed by atoms with Gasteiger partial charge in [0.25, 0.3) is 0 Å². The summed E-state index contributed by atoms with van der Waals surface area (Å²) in [5.41, 5.74) is 4.84. The summed E-state index contributed by atoms with van der Waals surface area (Å²) >= 11 is 0. The zero-order valence-corrected chi connectivity index (χ0v) is 16.8. The molecule has 5 nitrogen and oxygen atoms in total. The summed E-state index contributed by atoms with van der Waals surface area (Å²) in [6, 6.07) is 13.3. The summed E-state index contributed by atoms with van der Waals surface area (Å²) in [6.07, 6.45) is 7.78. The molecule has 1 saturated carbocycles. The van der Waals surface area contributed by atoms with Crippen LogP contribution in [-0.4, -0.2) is 28.2 Å². The minimum absolute atomic E-state index is 0.222. The fraction of sp³-hybridized carbons (Fsp3) is 0.478. The molecule has 28 heavy (non-hydrogen) atoms. The van der Waals surface area contributed by atoms with Crippen molar-refractivity contribution in [1.29, 1.82) is 0 Å². The Hall–Kier alpha value is -2.56. The van der Waals surface area contributed by atoms with E-state index in [-0.39, 0.29) is 6.42 Å². The van der Waals surface area contributed by atoms with Crippen LogP contribution in [0.1, 0.15) is 57.9 Å². The molecule has 0 saturated heterocycles. The number of carboxylic acids is 1. The van der Waals surface area contributed by atoms with Gasteiger partial charge in [0, 0.05) is 29.8 Å². The van der Waals surface area contributed by atoms with Crippen LogP contribution in [0.3, 0.4) is 0 Å². The van der Waals surface area contributed by atoms with Crippen LogP contribution in [0.4, 0.5) is 5.69 Å². The fourth-order valence-corrected chi connectivity index (χ4v) is 3.63. The number of aromatic nitrogens is 1. The first kappa shape index (κ1) is 20.2. The predicted octanol–water partition coefficient (Wildman–Crippen LogP) is 5.30. The average molecular weight is 383 g/mol. The number of hydrogen-bond donors (Lipinski definition) is 2. The van der Waals surface area contributed by atoms with Gasteiger partial charge in [0.1, 0.15) is 6.10 Å². The van der Waals surface area contributed by atoms with E-state index in [4.69, 9.17) is 14.8 Å². The van der Waals surface area contributed by atoms with Gasteiger partial charge in [-0.1, -0.05) is 19.1 Å². The number of aryl methyl sites for hydroxylation is 1. The number of nitrogens with one attached hydrogen (secondary N) is 1. The number of rotatable bonds is 4. The first-order chi connectivity index (χ1) is 13.5. The molecular weight excluding hydrogens is 352 g/mol. The van der Waals surface area contributed by atoms with Gasteiger partial charge < -0.3 is 15.2 Å². The molecule has 0 radical (unpaired) electrons. The molecule has 150 valence electrons. The minimum Gasteiger partial charge on any atom is -0.481 e. The molecule has 1 fully saturated rings. The van der Waals surface area contributed by atoms with Gasteiger partial charge in [0.05, 0.1) is 5.69 Å². The molecule has 2 heterocycles. The summed E-state index contributed by atoms with van der Waals surface area (Å²) < 4.78 is 6.04. The van der Waals surface area contributed by atoms with Crippen molar-refractivity contribution in [2.75, 3.05) is 5.32 Å². The molecule has 0 spiro atoms. The van der Waals surface area contributed by atoms with Gasteiger partial charge in [-0.3, -0.25) is 4.79 Å². The van der Waals surface area contributed by atoms with E-state index in [1.54, 1.807) is 6.92 Å². The lowest BCUT2D eigenvalue weighted by Crippen LogP contribution is -2.21. The second-order valence-electron chi connectivity index (χ2n) is 7.59. The molecule has 1 unspecified atom stereocenters. The number of hydrogen-bond acceptors (Lipinski definition) is 4. The van der Waals surface area contributed by atoms with Crippen molar-refractivity contribution in [2.24, 2.45) is 0 Å². The Balaban J connectivity index is 0.000000403. The zero-order valence-electron chi connectivity index (χ0n) is 16.8. The number of carbonyl (C=O) groups is 1. The number of benzene rings is 1. The van der Waals surface area contributed by atoms with Gasteiger partial charge in [0.15, 0.2) is 0 Å². The van der Waals surface area contributed by atoms with E-state index in [0.29, 0.717) is 12.1 Å². The highest BCUT2D eigenvalue weighted by molar-refractivity contribution is 5.67. The molecule has 2 N–H and O–H groups in total. The Morgan fingerprint density at radius 3 is 2.68 bits per heavy atom. The van der Waals surface area contributed by atoms with E-state index in [1.165, 1.54) is 36.1 Å².